The molecule has 0 bridgehead atoms. The van der Waals surface area contributed by atoms with Gasteiger partial charge in [0.1, 0.15) is 5.57 Å². The van der Waals surface area contributed by atoms with Gasteiger partial charge in [-0.2, -0.15) is 0 Å². The molecule has 3 aromatic rings. The molecular weight excluding hydrogens is 418 g/mol. The zero-order valence-corrected chi connectivity index (χ0v) is 19.4. The number of carbonyl (C=O) groups is 2. The summed E-state index contributed by atoms with van der Waals surface area (Å²) in [4.78, 5) is 27.4. The zero-order valence-electron chi connectivity index (χ0n) is 18.6. The van der Waals surface area contributed by atoms with Crippen LogP contribution in [0.1, 0.15) is 35.0 Å². The Hall–Kier alpha value is -3.51. The van der Waals surface area contributed by atoms with Crippen LogP contribution in [0.4, 0.5) is 5.69 Å². The predicted octanol–water partition coefficient (Wildman–Crippen LogP) is 4.80. The Morgan fingerprint density at radius 1 is 0.969 bits per heavy atom. The lowest BCUT2D eigenvalue weighted by molar-refractivity contribution is -0.122. The first kappa shape index (κ1) is 21.7. The molecule has 1 fully saturated rings. The number of hydrogen-bond donors (Lipinski definition) is 1. The van der Waals surface area contributed by atoms with E-state index in [2.05, 4.69) is 35.9 Å². The van der Waals surface area contributed by atoms with Crippen molar-refractivity contribution in [2.45, 2.75) is 34.1 Å². The maximum Gasteiger partial charge on any atom is 0.270 e. The van der Waals surface area contributed by atoms with Crippen LogP contribution in [-0.2, 0) is 16.0 Å². The SMILES string of the molecule is CCc1ccc(N2C(=O)C(=Cc3cc(C)n(-c4cccc(C)c4)c3C)C(=O)NC2=S)cc1. The number of carbonyl (C=O) groups excluding carboxylic acids is 2. The molecule has 0 unspecified atom stereocenters. The van der Waals surface area contributed by atoms with Crippen LogP contribution in [0.2, 0.25) is 0 Å². The van der Waals surface area contributed by atoms with Gasteiger partial charge in [-0.15, -0.1) is 0 Å². The molecule has 2 amide bonds. The van der Waals surface area contributed by atoms with Crippen LogP contribution in [0.5, 0.6) is 0 Å². The molecule has 0 radical (unpaired) electrons. The van der Waals surface area contributed by atoms with E-state index < -0.39 is 11.8 Å². The lowest BCUT2D eigenvalue weighted by Crippen LogP contribution is -2.54. The van der Waals surface area contributed by atoms with E-state index in [1.807, 2.05) is 56.3 Å². The van der Waals surface area contributed by atoms with Gasteiger partial charge in [0.2, 0.25) is 0 Å². The lowest BCUT2D eigenvalue weighted by atomic mass is 10.1. The fraction of sp³-hybridized carbons (Fsp3) is 0.192. The van der Waals surface area contributed by atoms with Crippen molar-refractivity contribution in [3.8, 4) is 5.69 Å². The summed E-state index contributed by atoms with van der Waals surface area (Å²) in [5.41, 5.74) is 6.84. The van der Waals surface area contributed by atoms with Crippen molar-refractivity contribution in [2.24, 2.45) is 0 Å². The Balaban J connectivity index is 1.74. The average Bonchev–Trinajstić information content (AvgIpc) is 3.04. The molecule has 2 heterocycles. The van der Waals surface area contributed by atoms with Crippen LogP contribution in [-0.4, -0.2) is 21.5 Å². The highest BCUT2D eigenvalue weighted by molar-refractivity contribution is 7.80. The number of thiocarbonyl (C=S) groups is 1. The third-order valence-corrected chi connectivity index (χ3v) is 6.02. The van der Waals surface area contributed by atoms with E-state index in [1.165, 1.54) is 4.90 Å². The van der Waals surface area contributed by atoms with E-state index in [0.29, 0.717) is 5.69 Å². The van der Waals surface area contributed by atoms with Gasteiger partial charge in [-0.3, -0.25) is 19.8 Å². The third-order valence-electron chi connectivity index (χ3n) is 5.73. The predicted molar refractivity (Wildman–Crippen MR) is 132 cm³/mol. The van der Waals surface area contributed by atoms with Crippen LogP contribution in [0.15, 0.2) is 60.2 Å². The van der Waals surface area contributed by atoms with Gasteiger partial charge in [0.15, 0.2) is 5.11 Å². The summed E-state index contributed by atoms with van der Waals surface area (Å²) >= 11 is 5.31. The van der Waals surface area contributed by atoms with E-state index in [-0.39, 0.29) is 10.7 Å². The van der Waals surface area contributed by atoms with Crippen LogP contribution in [0.3, 0.4) is 0 Å². The van der Waals surface area contributed by atoms with Gasteiger partial charge in [0, 0.05) is 17.1 Å². The normalized spacial score (nSPS) is 15.4. The molecule has 0 saturated carbocycles. The van der Waals surface area contributed by atoms with Crippen molar-refractivity contribution in [3.05, 3.63) is 88.2 Å². The molecule has 1 N–H and O–H groups in total. The van der Waals surface area contributed by atoms with Gasteiger partial charge < -0.3 is 4.57 Å². The molecule has 4 rings (SSSR count). The summed E-state index contributed by atoms with van der Waals surface area (Å²) in [6.07, 6.45) is 2.55. The number of rotatable bonds is 4. The van der Waals surface area contributed by atoms with Crippen molar-refractivity contribution in [3.63, 3.8) is 0 Å². The maximum absolute atomic E-state index is 13.3. The molecular formula is C26H25N3O2S. The Labute approximate surface area is 193 Å². The summed E-state index contributed by atoms with van der Waals surface area (Å²) in [7, 11) is 0. The second-order valence-corrected chi connectivity index (χ2v) is 8.37. The Bertz CT molecular complexity index is 1270. The van der Waals surface area contributed by atoms with E-state index in [9.17, 15) is 9.59 Å². The van der Waals surface area contributed by atoms with Gasteiger partial charge in [-0.1, -0.05) is 31.2 Å². The Kier molecular flexibility index (Phi) is 5.80. The molecule has 1 aromatic heterocycles. The molecule has 5 nitrogen and oxygen atoms in total. The van der Waals surface area contributed by atoms with Crippen molar-refractivity contribution < 1.29 is 9.59 Å². The smallest absolute Gasteiger partial charge is 0.270 e. The summed E-state index contributed by atoms with van der Waals surface area (Å²) in [5, 5.41) is 2.75. The van der Waals surface area contributed by atoms with Crippen LogP contribution < -0.4 is 10.2 Å². The lowest BCUT2D eigenvalue weighted by Gasteiger charge is -2.29. The van der Waals surface area contributed by atoms with E-state index in [4.69, 9.17) is 12.2 Å². The van der Waals surface area contributed by atoms with Crippen molar-refractivity contribution >= 4 is 40.9 Å². The molecule has 0 spiro atoms. The van der Waals surface area contributed by atoms with Crippen molar-refractivity contribution in [1.82, 2.24) is 9.88 Å². The highest BCUT2D eigenvalue weighted by Gasteiger charge is 2.34. The standard InChI is InChI=1S/C26H25N3O2S/c1-5-19-9-11-21(12-10-19)29-25(31)23(24(30)27-26(29)32)15-20-14-17(3)28(18(20)4)22-8-6-7-16(2)13-22/h6-15H,5H2,1-4H3,(H,27,30,32). The largest absolute Gasteiger partial charge is 0.318 e. The first-order valence-electron chi connectivity index (χ1n) is 10.6. The molecule has 32 heavy (non-hydrogen) atoms. The molecule has 1 aliphatic rings. The van der Waals surface area contributed by atoms with Crippen LogP contribution >= 0.6 is 12.2 Å². The number of aryl methyl sites for hydroxylation is 3. The van der Waals surface area contributed by atoms with Crippen LogP contribution in [0, 0.1) is 20.8 Å². The number of hydrogen-bond acceptors (Lipinski definition) is 3. The summed E-state index contributed by atoms with van der Waals surface area (Å²) < 4.78 is 2.12. The van der Waals surface area contributed by atoms with Crippen molar-refractivity contribution in [1.29, 1.82) is 0 Å². The third kappa shape index (κ3) is 3.89. The number of nitrogens with one attached hydrogen (secondary N) is 1. The Morgan fingerprint density at radius 3 is 2.34 bits per heavy atom. The van der Waals surface area contributed by atoms with Gasteiger partial charge in [-0.25, -0.2) is 0 Å². The van der Waals surface area contributed by atoms with Crippen LogP contribution in [0.25, 0.3) is 11.8 Å². The van der Waals surface area contributed by atoms with Gasteiger partial charge in [0.25, 0.3) is 11.8 Å². The number of amides is 2. The fourth-order valence-electron chi connectivity index (χ4n) is 4.03. The molecule has 162 valence electrons. The van der Waals surface area contributed by atoms with Gasteiger partial charge >= 0.3 is 0 Å². The summed E-state index contributed by atoms with van der Waals surface area (Å²) in [5.74, 6) is -0.912. The average molecular weight is 444 g/mol. The molecule has 1 saturated heterocycles. The second kappa shape index (κ2) is 8.55. The highest BCUT2D eigenvalue weighted by Crippen LogP contribution is 2.26. The molecule has 2 aromatic carbocycles. The first-order valence-corrected chi connectivity index (χ1v) is 11.0. The van der Waals surface area contributed by atoms with Crippen molar-refractivity contribution in [2.75, 3.05) is 4.90 Å². The minimum atomic E-state index is -0.484. The topological polar surface area (TPSA) is 54.3 Å². The van der Waals surface area contributed by atoms with E-state index >= 15 is 0 Å². The monoisotopic (exact) mass is 443 g/mol. The first-order chi connectivity index (χ1) is 15.3. The molecule has 1 aliphatic heterocycles. The summed E-state index contributed by atoms with van der Waals surface area (Å²) in [6.45, 7) is 8.12. The Morgan fingerprint density at radius 2 is 1.69 bits per heavy atom. The summed E-state index contributed by atoms with van der Waals surface area (Å²) in [6, 6.07) is 17.8. The zero-order chi connectivity index (χ0) is 23.0. The number of aromatic nitrogens is 1. The van der Waals surface area contributed by atoms with E-state index in [1.54, 1.807) is 6.08 Å². The number of anilines is 1. The van der Waals surface area contributed by atoms with Gasteiger partial charge in [0.05, 0.1) is 5.69 Å². The molecule has 6 heteroatoms. The minimum Gasteiger partial charge on any atom is -0.318 e. The highest BCUT2D eigenvalue weighted by atomic mass is 32.1. The number of benzene rings is 2. The quantitative estimate of drug-likeness (QED) is 0.358. The minimum absolute atomic E-state index is 0.0580. The fourth-order valence-corrected chi connectivity index (χ4v) is 4.31. The number of nitrogens with zero attached hydrogens (tertiary/aromatic N) is 2. The van der Waals surface area contributed by atoms with E-state index in [0.717, 1.165) is 40.2 Å². The molecule has 0 aliphatic carbocycles. The molecule has 0 atom stereocenters. The van der Waals surface area contributed by atoms with Gasteiger partial charge in [-0.05, 0) is 92.5 Å². The second-order valence-electron chi connectivity index (χ2n) is 7.98. The maximum atomic E-state index is 13.3.